The minimum atomic E-state index is -0.777. The van der Waals surface area contributed by atoms with Crippen LogP contribution >= 0.6 is 0 Å². The van der Waals surface area contributed by atoms with Gasteiger partial charge >= 0.3 is 0 Å². The fraction of sp³-hybridized carbons (Fsp3) is 0.458. The lowest BCUT2D eigenvalue weighted by atomic mass is 9.66. The Morgan fingerprint density at radius 1 is 1.21 bits per heavy atom. The Labute approximate surface area is 171 Å². The second kappa shape index (κ2) is 8.15. The number of carbonyl (C=O) groups is 1. The lowest BCUT2D eigenvalue weighted by Gasteiger charge is -2.52. The zero-order valence-corrected chi connectivity index (χ0v) is 16.8. The van der Waals surface area contributed by atoms with Gasteiger partial charge in [0.15, 0.2) is 0 Å². The van der Waals surface area contributed by atoms with Crippen LogP contribution in [0, 0.1) is 11.7 Å². The number of likely N-dealkylation sites (tertiary alicyclic amines) is 1. The Morgan fingerprint density at radius 3 is 2.83 bits per heavy atom. The van der Waals surface area contributed by atoms with Crippen molar-refractivity contribution in [2.75, 3.05) is 13.2 Å². The van der Waals surface area contributed by atoms with Gasteiger partial charge in [-0.25, -0.2) is 4.39 Å². The van der Waals surface area contributed by atoms with E-state index in [1.165, 1.54) is 12.1 Å². The van der Waals surface area contributed by atoms with Crippen molar-refractivity contribution in [3.05, 3.63) is 65.5 Å². The molecule has 1 amide bonds. The molecule has 2 aromatic rings. The lowest BCUT2D eigenvalue weighted by Crippen LogP contribution is -2.56. The highest BCUT2D eigenvalue weighted by molar-refractivity contribution is 5.94. The molecule has 4 nitrogen and oxygen atoms in total. The molecule has 4 rings (SSSR count). The van der Waals surface area contributed by atoms with Crippen molar-refractivity contribution in [1.82, 2.24) is 4.90 Å². The van der Waals surface area contributed by atoms with Crippen LogP contribution in [0.1, 0.15) is 61.0 Å². The summed E-state index contributed by atoms with van der Waals surface area (Å²) in [6.45, 7) is 2.90. The molecule has 1 aliphatic carbocycles. The maximum absolute atomic E-state index is 13.8. The van der Waals surface area contributed by atoms with Crippen LogP contribution in [-0.4, -0.2) is 34.7 Å². The van der Waals surface area contributed by atoms with Crippen LogP contribution in [0.4, 0.5) is 4.39 Å². The third-order valence-corrected chi connectivity index (χ3v) is 6.44. The highest BCUT2D eigenvalue weighted by Gasteiger charge is 2.50. The van der Waals surface area contributed by atoms with Crippen molar-refractivity contribution in [3.8, 4) is 5.75 Å². The van der Waals surface area contributed by atoms with E-state index in [-0.39, 0.29) is 17.9 Å². The molecule has 0 unspecified atom stereocenters. The summed E-state index contributed by atoms with van der Waals surface area (Å²) in [5.74, 6) is 0.0534. The first-order chi connectivity index (χ1) is 14.0. The summed E-state index contributed by atoms with van der Waals surface area (Å²) >= 11 is 0. The highest BCUT2D eigenvalue weighted by atomic mass is 19.1. The van der Waals surface area contributed by atoms with E-state index in [1.807, 2.05) is 36.1 Å². The van der Waals surface area contributed by atoms with E-state index < -0.39 is 11.4 Å². The van der Waals surface area contributed by atoms with E-state index >= 15 is 0 Å². The fourth-order valence-corrected chi connectivity index (χ4v) is 5.09. The average Bonchev–Trinajstić information content (AvgIpc) is 2.73. The van der Waals surface area contributed by atoms with Crippen LogP contribution < -0.4 is 4.74 Å². The first-order valence-electron chi connectivity index (χ1n) is 10.5. The van der Waals surface area contributed by atoms with Crippen LogP contribution in [0.25, 0.3) is 0 Å². The molecule has 29 heavy (non-hydrogen) atoms. The zero-order valence-electron chi connectivity index (χ0n) is 16.8. The van der Waals surface area contributed by atoms with Crippen molar-refractivity contribution in [2.45, 2.75) is 50.7 Å². The standard InChI is InChI=1S/C24H28FNO3/c1-2-29-21-12-4-3-10-19(21)22-20-11-5-6-13-24(20,28)14-15-26(22)23(27)17-8-7-9-18(25)16-17/h3-4,7-10,12,16,20,22,28H,2,5-6,11,13-15H2,1H3/t20-,22+,24+/m1/s1. The SMILES string of the molecule is CCOc1ccccc1[C@H]1[C@H]2CCCC[C@]2(O)CCN1C(=O)c1cccc(F)c1. The van der Waals surface area contributed by atoms with E-state index in [2.05, 4.69) is 0 Å². The zero-order chi connectivity index (χ0) is 20.4. The first kappa shape index (κ1) is 19.9. The predicted molar refractivity (Wildman–Crippen MR) is 109 cm³/mol. The van der Waals surface area contributed by atoms with Crippen LogP contribution in [-0.2, 0) is 0 Å². The molecule has 2 aromatic carbocycles. The van der Waals surface area contributed by atoms with Crippen LogP contribution in [0.2, 0.25) is 0 Å². The smallest absolute Gasteiger partial charge is 0.254 e. The van der Waals surface area contributed by atoms with Gasteiger partial charge in [-0.2, -0.15) is 0 Å². The molecule has 0 bridgehead atoms. The Morgan fingerprint density at radius 2 is 2.03 bits per heavy atom. The van der Waals surface area contributed by atoms with Gasteiger partial charge in [-0.05, 0) is 50.5 Å². The van der Waals surface area contributed by atoms with Crippen molar-refractivity contribution < 1.29 is 19.0 Å². The molecule has 0 radical (unpaired) electrons. The molecule has 1 saturated heterocycles. The number of hydrogen-bond donors (Lipinski definition) is 1. The number of para-hydroxylation sites is 1. The van der Waals surface area contributed by atoms with Gasteiger partial charge in [0.1, 0.15) is 11.6 Å². The predicted octanol–water partition coefficient (Wildman–Crippen LogP) is 4.73. The van der Waals surface area contributed by atoms with Gasteiger partial charge in [0.05, 0.1) is 18.2 Å². The number of rotatable bonds is 4. The number of amides is 1. The molecule has 1 N–H and O–H groups in total. The average molecular weight is 397 g/mol. The fourth-order valence-electron chi connectivity index (χ4n) is 5.09. The summed E-state index contributed by atoms with van der Waals surface area (Å²) in [7, 11) is 0. The third-order valence-electron chi connectivity index (χ3n) is 6.44. The van der Waals surface area contributed by atoms with Crippen LogP contribution in [0.3, 0.4) is 0 Å². The van der Waals surface area contributed by atoms with Gasteiger partial charge in [-0.3, -0.25) is 4.79 Å². The number of aliphatic hydroxyl groups is 1. The van der Waals surface area contributed by atoms with Gasteiger partial charge in [-0.1, -0.05) is 37.1 Å². The Bertz CT molecular complexity index is 886. The van der Waals surface area contributed by atoms with Gasteiger partial charge in [0, 0.05) is 23.6 Å². The van der Waals surface area contributed by atoms with E-state index in [0.717, 1.165) is 37.0 Å². The summed E-state index contributed by atoms with van der Waals surface area (Å²) in [4.78, 5) is 15.2. The Balaban J connectivity index is 1.79. The number of nitrogens with zero attached hydrogens (tertiary/aromatic N) is 1. The van der Waals surface area contributed by atoms with E-state index in [1.54, 1.807) is 12.1 Å². The molecule has 0 aromatic heterocycles. The van der Waals surface area contributed by atoms with Gasteiger partial charge in [-0.15, -0.1) is 0 Å². The number of halogens is 1. The molecular weight excluding hydrogens is 369 g/mol. The molecule has 2 aliphatic rings. The Kier molecular flexibility index (Phi) is 5.59. The summed E-state index contributed by atoms with van der Waals surface area (Å²) < 4.78 is 19.7. The van der Waals surface area contributed by atoms with Crippen LogP contribution in [0.5, 0.6) is 5.75 Å². The largest absolute Gasteiger partial charge is 0.494 e. The summed E-state index contributed by atoms with van der Waals surface area (Å²) in [5.41, 5.74) is 0.482. The number of fused-ring (bicyclic) bond motifs is 1. The number of hydrogen-bond acceptors (Lipinski definition) is 3. The summed E-state index contributed by atoms with van der Waals surface area (Å²) in [6.07, 6.45) is 4.19. The number of ether oxygens (including phenoxy) is 1. The van der Waals surface area contributed by atoms with Crippen molar-refractivity contribution in [1.29, 1.82) is 0 Å². The molecule has 154 valence electrons. The van der Waals surface area contributed by atoms with Crippen molar-refractivity contribution in [2.24, 2.45) is 5.92 Å². The van der Waals surface area contributed by atoms with E-state index in [9.17, 15) is 14.3 Å². The minimum absolute atomic E-state index is 0.0656. The van der Waals surface area contributed by atoms with Gasteiger partial charge in [0.2, 0.25) is 0 Å². The first-order valence-corrected chi connectivity index (χ1v) is 10.5. The highest BCUT2D eigenvalue weighted by Crippen LogP contribution is 2.51. The molecule has 3 atom stereocenters. The molecule has 5 heteroatoms. The maximum atomic E-state index is 13.8. The van der Waals surface area contributed by atoms with E-state index in [0.29, 0.717) is 25.1 Å². The summed E-state index contributed by atoms with van der Waals surface area (Å²) in [6, 6.07) is 13.3. The second-order valence-corrected chi connectivity index (χ2v) is 8.13. The Hall–Kier alpha value is -2.40. The van der Waals surface area contributed by atoms with Crippen molar-refractivity contribution in [3.63, 3.8) is 0 Å². The molecule has 2 fully saturated rings. The molecule has 1 aliphatic heterocycles. The third kappa shape index (κ3) is 3.76. The number of carbonyl (C=O) groups excluding carboxylic acids is 1. The second-order valence-electron chi connectivity index (χ2n) is 8.13. The van der Waals surface area contributed by atoms with Crippen LogP contribution in [0.15, 0.2) is 48.5 Å². The monoisotopic (exact) mass is 397 g/mol. The lowest BCUT2D eigenvalue weighted by molar-refractivity contribution is -0.115. The molecule has 1 heterocycles. The quantitative estimate of drug-likeness (QED) is 0.811. The topological polar surface area (TPSA) is 49.8 Å². The molecule has 0 spiro atoms. The van der Waals surface area contributed by atoms with Gasteiger partial charge < -0.3 is 14.7 Å². The summed E-state index contributed by atoms with van der Waals surface area (Å²) in [5, 5.41) is 11.4. The maximum Gasteiger partial charge on any atom is 0.254 e. The molecular formula is C24H28FNO3. The minimum Gasteiger partial charge on any atom is -0.494 e. The van der Waals surface area contributed by atoms with Crippen molar-refractivity contribution >= 4 is 5.91 Å². The van der Waals surface area contributed by atoms with Gasteiger partial charge in [0.25, 0.3) is 5.91 Å². The normalized spacial score (nSPS) is 26.7. The molecule has 1 saturated carbocycles. The number of piperidine rings is 1. The number of benzene rings is 2. The van der Waals surface area contributed by atoms with E-state index in [4.69, 9.17) is 4.74 Å².